The Morgan fingerprint density at radius 3 is 2.48 bits per heavy atom. The zero-order chi connectivity index (χ0) is 21.0. The zero-order valence-corrected chi connectivity index (χ0v) is 17.6. The van der Waals surface area contributed by atoms with E-state index in [-0.39, 0.29) is 30.0 Å². The van der Waals surface area contributed by atoms with Gasteiger partial charge in [0, 0.05) is 37.6 Å². The van der Waals surface area contributed by atoms with Crippen molar-refractivity contribution in [3.05, 3.63) is 73.8 Å². The summed E-state index contributed by atoms with van der Waals surface area (Å²) in [7, 11) is 1.59. The van der Waals surface area contributed by atoms with E-state index >= 15 is 0 Å². The lowest BCUT2D eigenvalue weighted by molar-refractivity contribution is -0.384. The van der Waals surface area contributed by atoms with Crippen molar-refractivity contribution in [3.8, 4) is 0 Å². The summed E-state index contributed by atoms with van der Waals surface area (Å²) >= 11 is 12.4. The number of likely N-dealkylation sites (tertiary alicyclic amines) is 1. The summed E-state index contributed by atoms with van der Waals surface area (Å²) in [5.41, 5.74) is 1.71. The molecule has 0 spiro atoms. The third-order valence-electron chi connectivity index (χ3n) is 5.39. The summed E-state index contributed by atoms with van der Waals surface area (Å²) in [4.78, 5) is 25.6. The van der Waals surface area contributed by atoms with Gasteiger partial charge in [0.15, 0.2) is 0 Å². The maximum absolute atomic E-state index is 12.4. The topological polar surface area (TPSA) is 75.5 Å². The SMILES string of the molecule is CNC(=O)C[C@@H](c1cccc([N+](=O)[O-])c1)C(c1ccc(Cl)c(Cl)c1)N1CCCC1. The van der Waals surface area contributed by atoms with Crippen LogP contribution in [0.4, 0.5) is 5.69 Å². The van der Waals surface area contributed by atoms with Crippen molar-refractivity contribution in [3.63, 3.8) is 0 Å². The van der Waals surface area contributed by atoms with E-state index in [4.69, 9.17) is 23.2 Å². The highest BCUT2D eigenvalue weighted by Crippen LogP contribution is 2.42. The molecule has 29 heavy (non-hydrogen) atoms. The lowest BCUT2D eigenvalue weighted by Crippen LogP contribution is -2.33. The Kier molecular flexibility index (Phi) is 7.11. The summed E-state index contributed by atoms with van der Waals surface area (Å²) in [6, 6.07) is 11.9. The number of nitrogens with one attached hydrogen (secondary N) is 1. The Morgan fingerprint density at radius 2 is 1.86 bits per heavy atom. The smallest absolute Gasteiger partial charge is 0.269 e. The van der Waals surface area contributed by atoms with Crippen molar-refractivity contribution in [1.82, 2.24) is 10.2 Å². The average Bonchev–Trinajstić information content (AvgIpc) is 3.24. The van der Waals surface area contributed by atoms with Gasteiger partial charge in [-0.2, -0.15) is 0 Å². The molecule has 1 fully saturated rings. The molecule has 0 saturated carbocycles. The number of non-ortho nitro benzene ring substituents is 1. The minimum atomic E-state index is -0.412. The van der Waals surface area contributed by atoms with E-state index in [2.05, 4.69) is 10.2 Å². The summed E-state index contributed by atoms with van der Waals surface area (Å²) in [6.07, 6.45) is 2.35. The summed E-state index contributed by atoms with van der Waals surface area (Å²) in [5, 5.41) is 14.9. The third-order valence-corrected chi connectivity index (χ3v) is 6.13. The van der Waals surface area contributed by atoms with Gasteiger partial charge in [0.05, 0.1) is 15.0 Å². The van der Waals surface area contributed by atoms with Crippen molar-refractivity contribution >= 4 is 34.8 Å². The maximum Gasteiger partial charge on any atom is 0.269 e. The Balaban J connectivity index is 2.11. The van der Waals surface area contributed by atoms with Crippen LogP contribution in [-0.2, 0) is 4.79 Å². The van der Waals surface area contributed by atoms with E-state index in [1.165, 1.54) is 6.07 Å². The number of rotatable bonds is 7. The van der Waals surface area contributed by atoms with Crippen LogP contribution >= 0.6 is 23.2 Å². The lowest BCUT2D eigenvalue weighted by Gasteiger charge is -2.35. The fourth-order valence-electron chi connectivity index (χ4n) is 4.00. The van der Waals surface area contributed by atoms with Gasteiger partial charge in [0.2, 0.25) is 5.91 Å². The van der Waals surface area contributed by atoms with Crippen LogP contribution in [0.2, 0.25) is 10.0 Å². The first-order valence-corrected chi connectivity index (χ1v) is 10.3. The minimum absolute atomic E-state index is 0.0127. The second kappa shape index (κ2) is 9.57. The van der Waals surface area contributed by atoms with Gasteiger partial charge in [-0.15, -0.1) is 0 Å². The van der Waals surface area contributed by atoms with Crippen LogP contribution in [-0.4, -0.2) is 35.9 Å². The van der Waals surface area contributed by atoms with Crippen LogP contribution in [0.15, 0.2) is 42.5 Å². The molecular formula is C21H23Cl2N3O3. The van der Waals surface area contributed by atoms with Crippen molar-refractivity contribution in [2.75, 3.05) is 20.1 Å². The first-order valence-electron chi connectivity index (χ1n) is 9.54. The molecule has 1 heterocycles. The molecule has 8 heteroatoms. The van der Waals surface area contributed by atoms with Gasteiger partial charge in [-0.1, -0.05) is 41.4 Å². The molecule has 1 aliphatic rings. The second-order valence-corrected chi connectivity index (χ2v) is 8.01. The Labute approximate surface area is 179 Å². The molecule has 0 aromatic heterocycles. The van der Waals surface area contributed by atoms with E-state index < -0.39 is 4.92 Å². The van der Waals surface area contributed by atoms with E-state index in [1.54, 1.807) is 25.2 Å². The van der Waals surface area contributed by atoms with Gasteiger partial charge in [-0.25, -0.2) is 0 Å². The number of hydrogen-bond acceptors (Lipinski definition) is 4. The molecule has 154 valence electrons. The summed E-state index contributed by atoms with van der Waals surface area (Å²) in [5.74, 6) is -0.393. The average molecular weight is 436 g/mol. The number of carbonyl (C=O) groups is 1. The number of hydrogen-bond donors (Lipinski definition) is 1. The number of halogens is 2. The van der Waals surface area contributed by atoms with Crippen LogP contribution in [0.1, 0.15) is 42.3 Å². The molecule has 0 bridgehead atoms. The van der Waals surface area contributed by atoms with Crippen LogP contribution in [0.25, 0.3) is 0 Å². The first-order chi connectivity index (χ1) is 13.9. The highest BCUT2D eigenvalue weighted by molar-refractivity contribution is 6.42. The summed E-state index contributed by atoms with van der Waals surface area (Å²) in [6.45, 7) is 1.79. The largest absolute Gasteiger partial charge is 0.359 e. The van der Waals surface area contributed by atoms with Gasteiger partial charge in [0.1, 0.15) is 0 Å². The molecule has 1 amide bonds. The quantitative estimate of drug-likeness (QED) is 0.492. The van der Waals surface area contributed by atoms with Crippen molar-refractivity contribution in [2.45, 2.75) is 31.2 Å². The fourth-order valence-corrected chi connectivity index (χ4v) is 4.30. The number of amides is 1. The lowest BCUT2D eigenvalue weighted by atomic mass is 9.83. The molecule has 6 nitrogen and oxygen atoms in total. The standard InChI is InChI=1S/C21H23Cl2N3O3/c1-24-20(27)13-17(14-5-4-6-16(11-14)26(28)29)21(25-9-2-3-10-25)15-7-8-18(22)19(23)12-15/h4-8,11-12,17,21H,2-3,9-10,13H2,1H3,(H,24,27)/t17-,21?/m0/s1. The third kappa shape index (κ3) is 5.07. The molecule has 2 aromatic carbocycles. The van der Waals surface area contributed by atoms with Crippen LogP contribution < -0.4 is 5.32 Å². The van der Waals surface area contributed by atoms with Gasteiger partial charge >= 0.3 is 0 Å². The normalized spacial score (nSPS) is 16.4. The summed E-state index contributed by atoms with van der Waals surface area (Å²) < 4.78 is 0. The monoisotopic (exact) mass is 435 g/mol. The van der Waals surface area contributed by atoms with Crippen LogP contribution in [0, 0.1) is 10.1 Å². The number of benzene rings is 2. The molecule has 1 saturated heterocycles. The van der Waals surface area contributed by atoms with E-state index in [0.29, 0.717) is 10.0 Å². The van der Waals surface area contributed by atoms with Gasteiger partial charge < -0.3 is 5.32 Å². The highest BCUT2D eigenvalue weighted by Gasteiger charge is 2.34. The minimum Gasteiger partial charge on any atom is -0.359 e. The van der Waals surface area contributed by atoms with Gasteiger partial charge in [-0.3, -0.25) is 19.8 Å². The molecule has 1 aliphatic heterocycles. The Hall–Kier alpha value is -2.15. The van der Waals surface area contributed by atoms with Gasteiger partial charge in [-0.05, 0) is 49.2 Å². The fraction of sp³-hybridized carbons (Fsp3) is 0.381. The van der Waals surface area contributed by atoms with E-state index in [0.717, 1.165) is 37.1 Å². The molecule has 3 rings (SSSR count). The molecule has 0 radical (unpaired) electrons. The van der Waals surface area contributed by atoms with Crippen LogP contribution in [0.3, 0.4) is 0 Å². The molecule has 2 atom stereocenters. The molecule has 1 unspecified atom stereocenters. The predicted octanol–water partition coefficient (Wildman–Crippen LogP) is 4.96. The van der Waals surface area contributed by atoms with Crippen molar-refractivity contribution in [1.29, 1.82) is 0 Å². The second-order valence-electron chi connectivity index (χ2n) is 7.20. The van der Waals surface area contributed by atoms with E-state index in [1.807, 2.05) is 18.2 Å². The Bertz CT molecular complexity index is 900. The number of nitro benzene ring substituents is 1. The number of carbonyl (C=O) groups excluding carboxylic acids is 1. The highest BCUT2D eigenvalue weighted by atomic mass is 35.5. The molecule has 0 aliphatic carbocycles. The maximum atomic E-state index is 12.4. The first kappa shape index (κ1) is 21.6. The van der Waals surface area contributed by atoms with Crippen LogP contribution in [0.5, 0.6) is 0 Å². The number of nitro groups is 1. The predicted molar refractivity (Wildman–Crippen MR) is 115 cm³/mol. The van der Waals surface area contributed by atoms with Crippen molar-refractivity contribution in [2.24, 2.45) is 0 Å². The molecular weight excluding hydrogens is 413 g/mol. The number of nitrogens with zero attached hydrogens (tertiary/aromatic N) is 2. The zero-order valence-electron chi connectivity index (χ0n) is 16.1. The van der Waals surface area contributed by atoms with Gasteiger partial charge in [0.25, 0.3) is 5.69 Å². The molecule has 1 N–H and O–H groups in total. The van der Waals surface area contributed by atoms with Crippen molar-refractivity contribution < 1.29 is 9.72 Å². The molecule has 2 aromatic rings. The van der Waals surface area contributed by atoms with E-state index in [9.17, 15) is 14.9 Å². The Morgan fingerprint density at radius 1 is 1.14 bits per heavy atom.